The van der Waals surface area contributed by atoms with Crippen molar-refractivity contribution in [2.24, 2.45) is 11.1 Å². The predicted octanol–water partition coefficient (Wildman–Crippen LogP) is 3.35. The minimum atomic E-state index is -0.499. The molecule has 1 amide bonds. The van der Waals surface area contributed by atoms with E-state index in [9.17, 15) is 4.79 Å². The first-order chi connectivity index (χ1) is 10.5. The average Bonchev–Trinajstić information content (AvgIpc) is 2.97. The van der Waals surface area contributed by atoms with E-state index in [4.69, 9.17) is 10.2 Å². The molecule has 0 atom stereocenters. The quantitative estimate of drug-likeness (QED) is 0.857. The number of rotatable bonds is 6. The van der Waals surface area contributed by atoms with Crippen LogP contribution in [0.25, 0.3) is 11.3 Å². The zero-order valence-electron chi connectivity index (χ0n) is 13.3. The van der Waals surface area contributed by atoms with Crippen LogP contribution >= 0.6 is 0 Å². The summed E-state index contributed by atoms with van der Waals surface area (Å²) in [5, 5.41) is 2.95. The molecule has 1 heterocycles. The van der Waals surface area contributed by atoms with Crippen LogP contribution in [0.3, 0.4) is 0 Å². The van der Waals surface area contributed by atoms with E-state index < -0.39 is 5.41 Å². The molecule has 0 unspecified atom stereocenters. The molecule has 0 aliphatic rings. The molecule has 0 spiro atoms. The lowest BCUT2D eigenvalue weighted by Crippen LogP contribution is -2.41. The number of aryl methyl sites for hydroxylation is 1. The van der Waals surface area contributed by atoms with Crippen molar-refractivity contribution in [3.05, 3.63) is 36.4 Å². The second-order valence-electron chi connectivity index (χ2n) is 5.47. The Morgan fingerprint density at radius 3 is 2.36 bits per heavy atom. The summed E-state index contributed by atoms with van der Waals surface area (Å²) in [6, 6.07) is 7.52. The predicted molar refractivity (Wildman–Crippen MR) is 87.4 cm³/mol. The number of hydrogen-bond acceptors (Lipinski definition) is 4. The van der Waals surface area contributed by atoms with Gasteiger partial charge >= 0.3 is 0 Å². The summed E-state index contributed by atoms with van der Waals surface area (Å²) in [5.41, 5.74) is 6.99. The summed E-state index contributed by atoms with van der Waals surface area (Å²) in [6.45, 7) is 6.14. The third-order valence-electron chi connectivity index (χ3n) is 4.27. The third-order valence-corrected chi connectivity index (χ3v) is 4.27. The molecule has 5 nitrogen and oxygen atoms in total. The molecule has 0 saturated carbocycles. The number of nitrogens with two attached hydrogens (primary N) is 1. The largest absolute Gasteiger partial charge is 0.441 e. The first-order valence-corrected chi connectivity index (χ1v) is 7.59. The van der Waals surface area contributed by atoms with Crippen LogP contribution in [-0.4, -0.2) is 17.4 Å². The molecule has 0 bridgehead atoms. The van der Waals surface area contributed by atoms with Gasteiger partial charge in [-0.2, -0.15) is 0 Å². The number of hydrogen-bond donors (Lipinski definition) is 2. The van der Waals surface area contributed by atoms with Crippen LogP contribution in [0.15, 0.2) is 34.9 Å². The number of anilines is 1. The number of nitrogens with zero attached hydrogens (tertiary/aromatic N) is 1. The standard InChI is InChI=1S/C17H23N3O2/c1-4-17(5-2,11-18)16(21)20-14-8-6-13(7-9-14)15-10-19-12(3)22-15/h6-10H,4-5,11,18H2,1-3H3,(H,20,21). The molecule has 0 fully saturated rings. The van der Waals surface area contributed by atoms with E-state index in [1.165, 1.54) is 0 Å². The van der Waals surface area contributed by atoms with E-state index in [0.29, 0.717) is 18.2 Å². The number of carbonyl (C=O) groups excluding carboxylic acids is 1. The van der Waals surface area contributed by atoms with Crippen LogP contribution < -0.4 is 11.1 Å². The minimum Gasteiger partial charge on any atom is -0.441 e. The van der Waals surface area contributed by atoms with Crippen molar-refractivity contribution in [3.8, 4) is 11.3 Å². The van der Waals surface area contributed by atoms with E-state index in [0.717, 1.165) is 24.1 Å². The second kappa shape index (κ2) is 6.75. The zero-order valence-corrected chi connectivity index (χ0v) is 13.3. The lowest BCUT2D eigenvalue weighted by atomic mass is 9.81. The van der Waals surface area contributed by atoms with Gasteiger partial charge in [0.1, 0.15) is 0 Å². The molecule has 1 aromatic heterocycles. The number of aromatic nitrogens is 1. The molecule has 0 aliphatic heterocycles. The molecule has 2 rings (SSSR count). The van der Waals surface area contributed by atoms with Gasteiger partial charge in [0.2, 0.25) is 5.91 Å². The summed E-state index contributed by atoms with van der Waals surface area (Å²) in [5.74, 6) is 1.32. The van der Waals surface area contributed by atoms with Crippen molar-refractivity contribution in [3.63, 3.8) is 0 Å². The number of benzene rings is 1. The topological polar surface area (TPSA) is 81.2 Å². The normalized spacial score (nSPS) is 11.5. The average molecular weight is 301 g/mol. The first-order valence-electron chi connectivity index (χ1n) is 7.59. The molecule has 3 N–H and O–H groups in total. The second-order valence-corrected chi connectivity index (χ2v) is 5.47. The molecule has 5 heteroatoms. The fraction of sp³-hybridized carbons (Fsp3) is 0.412. The van der Waals surface area contributed by atoms with Crippen molar-refractivity contribution in [2.45, 2.75) is 33.6 Å². The van der Waals surface area contributed by atoms with Gasteiger partial charge in [0.05, 0.1) is 11.6 Å². The van der Waals surface area contributed by atoms with Gasteiger partial charge in [-0.3, -0.25) is 4.79 Å². The van der Waals surface area contributed by atoms with Crippen LogP contribution in [0.2, 0.25) is 0 Å². The Hall–Kier alpha value is -2.14. The van der Waals surface area contributed by atoms with Gasteiger partial charge in [-0.1, -0.05) is 13.8 Å². The highest BCUT2D eigenvalue weighted by Gasteiger charge is 2.33. The smallest absolute Gasteiger partial charge is 0.231 e. The van der Waals surface area contributed by atoms with Gasteiger partial charge in [0.15, 0.2) is 11.7 Å². The van der Waals surface area contributed by atoms with E-state index in [-0.39, 0.29) is 5.91 Å². The fourth-order valence-corrected chi connectivity index (χ4v) is 2.43. The number of nitrogens with one attached hydrogen (secondary N) is 1. The van der Waals surface area contributed by atoms with Crippen molar-refractivity contribution in [2.75, 3.05) is 11.9 Å². The third kappa shape index (κ3) is 3.20. The number of oxazole rings is 1. The lowest BCUT2D eigenvalue weighted by molar-refractivity contribution is -0.125. The Kier molecular flexibility index (Phi) is 4.98. The monoisotopic (exact) mass is 301 g/mol. The summed E-state index contributed by atoms with van der Waals surface area (Å²) < 4.78 is 5.48. The Balaban J connectivity index is 2.13. The van der Waals surface area contributed by atoms with Crippen LogP contribution in [0, 0.1) is 12.3 Å². The van der Waals surface area contributed by atoms with Crippen molar-refractivity contribution in [1.82, 2.24) is 4.98 Å². The first kappa shape index (κ1) is 16.2. The highest BCUT2D eigenvalue weighted by Crippen LogP contribution is 2.28. The van der Waals surface area contributed by atoms with Crippen molar-refractivity contribution in [1.29, 1.82) is 0 Å². The van der Waals surface area contributed by atoms with Gasteiger partial charge in [-0.05, 0) is 37.1 Å². The van der Waals surface area contributed by atoms with E-state index in [1.54, 1.807) is 13.1 Å². The highest BCUT2D eigenvalue weighted by molar-refractivity contribution is 5.95. The minimum absolute atomic E-state index is 0.0248. The van der Waals surface area contributed by atoms with Gasteiger partial charge in [0.25, 0.3) is 0 Å². The molecular formula is C17H23N3O2. The fourth-order valence-electron chi connectivity index (χ4n) is 2.43. The molecule has 22 heavy (non-hydrogen) atoms. The number of carbonyl (C=O) groups is 1. The highest BCUT2D eigenvalue weighted by atomic mass is 16.4. The maximum Gasteiger partial charge on any atom is 0.231 e. The lowest BCUT2D eigenvalue weighted by Gasteiger charge is -2.28. The van der Waals surface area contributed by atoms with Crippen LogP contribution in [0.5, 0.6) is 0 Å². The summed E-state index contributed by atoms with van der Waals surface area (Å²) in [7, 11) is 0. The molecular weight excluding hydrogens is 278 g/mol. The van der Waals surface area contributed by atoms with Crippen LogP contribution in [-0.2, 0) is 4.79 Å². The van der Waals surface area contributed by atoms with E-state index in [1.807, 2.05) is 38.1 Å². The number of amides is 1. The van der Waals surface area contributed by atoms with Gasteiger partial charge in [0, 0.05) is 24.7 Å². The Bertz CT molecular complexity index is 619. The van der Waals surface area contributed by atoms with Gasteiger partial charge in [-0.25, -0.2) is 4.98 Å². The molecule has 1 aromatic carbocycles. The zero-order chi connectivity index (χ0) is 16.2. The maximum atomic E-state index is 12.5. The molecule has 118 valence electrons. The van der Waals surface area contributed by atoms with Crippen LogP contribution in [0.1, 0.15) is 32.6 Å². The molecule has 0 saturated heterocycles. The molecule has 0 radical (unpaired) electrons. The Morgan fingerprint density at radius 2 is 1.91 bits per heavy atom. The van der Waals surface area contributed by atoms with Crippen molar-refractivity contribution < 1.29 is 9.21 Å². The Morgan fingerprint density at radius 1 is 1.27 bits per heavy atom. The van der Waals surface area contributed by atoms with Crippen molar-refractivity contribution >= 4 is 11.6 Å². The summed E-state index contributed by atoms with van der Waals surface area (Å²) in [6.07, 6.45) is 3.14. The summed E-state index contributed by atoms with van der Waals surface area (Å²) in [4.78, 5) is 16.5. The molecule has 2 aromatic rings. The van der Waals surface area contributed by atoms with E-state index in [2.05, 4.69) is 10.3 Å². The van der Waals surface area contributed by atoms with Gasteiger partial charge in [-0.15, -0.1) is 0 Å². The van der Waals surface area contributed by atoms with Gasteiger partial charge < -0.3 is 15.5 Å². The summed E-state index contributed by atoms with van der Waals surface area (Å²) >= 11 is 0. The maximum absolute atomic E-state index is 12.5. The van der Waals surface area contributed by atoms with Crippen LogP contribution in [0.4, 0.5) is 5.69 Å². The van der Waals surface area contributed by atoms with E-state index >= 15 is 0 Å². The SMILES string of the molecule is CCC(CC)(CN)C(=O)Nc1ccc(-c2cnc(C)o2)cc1. The Labute approximate surface area is 130 Å². The molecule has 0 aliphatic carbocycles.